The topological polar surface area (TPSA) is 118 Å². The Bertz CT molecular complexity index is 1260. The monoisotopic (exact) mass is 417 g/mol. The largest absolute Gasteiger partial charge is 0.494 e. The molecule has 3 aromatic rings. The SMILES string of the molecule is COc1c(-c2ncn(C)n2)cccc1N1C=Cc2[nH]nc(NC(=O)C3CC3)c2C1=C=O. The highest BCUT2D eigenvalue weighted by atomic mass is 16.5. The molecule has 2 aromatic heterocycles. The zero-order valence-electron chi connectivity index (χ0n) is 16.9. The second-order valence-electron chi connectivity index (χ2n) is 7.36. The lowest BCUT2D eigenvalue weighted by atomic mass is 10.1. The summed E-state index contributed by atoms with van der Waals surface area (Å²) in [6.45, 7) is 0. The van der Waals surface area contributed by atoms with E-state index in [2.05, 4.69) is 25.6 Å². The number of fused-ring (bicyclic) bond motifs is 1. The number of nitrogens with zero attached hydrogens (tertiary/aromatic N) is 5. The van der Waals surface area contributed by atoms with E-state index in [-0.39, 0.29) is 17.5 Å². The van der Waals surface area contributed by atoms with E-state index in [0.717, 1.165) is 12.8 Å². The molecule has 1 aromatic carbocycles. The molecule has 1 aliphatic carbocycles. The average Bonchev–Trinajstić information content (AvgIpc) is 3.44. The van der Waals surface area contributed by atoms with Gasteiger partial charge >= 0.3 is 0 Å². The first-order chi connectivity index (χ1) is 15.1. The van der Waals surface area contributed by atoms with Crippen molar-refractivity contribution in [2.24, 2.45) is 13.0 Å². The Hall–Kier alpha value is -4.17. The molecule has 0 atom stereocenters. The molecule has 0 spiro atoms. The van der Waals surface area contributed by atoms with Crippen LogP contribution >= 0.6 is 0 Å². The molecule has 5 rings (SSSR count). The van der Waals surface area contributed by atoms with E-state index in [4.69, 9.17) is 4.74 Å². The molecule has 2 aliphatic rings. The molecule has 0 radical (unpaired) electrons. The van der Waals surface area contributed by atoms with Crippen LogP contribution in [0.3, 0.4) is 0 Å². The van der Waals surface area contributed by atoms with E-state index in [0.29, 0.717) is 39.9 Å². The lowest BCUT2D eigenvalue weighted by Crippen LogP contribution is -2.21. The number of hydrogen-bond donors (Lipinski definition) is 2. The standard InChI is InChI=1S/C21H19N7O3/c1-27-11-22-19(26-27)13-4-3-5-15(18(13)31-2)28-9-8-14-17(16(28)10-29)20(25-24-14)23-21(30)12-6-7-12/h3-5,8-9,11-12H,6-7H2,1-2H3,(H2,23,24,25,30). The van der Waals surface area contributed by atoms with Gasteiger partial charge in [-0.1, -0.05) is 6.07 Å². The highest BCUT2D eigenvalue weighted by molar-refractivity contribution is 6.07. The third kappa shape index (κ3) is 3.19. The van der Waals surface area contributed by atoms with Gasteiger partial charge in [0.05, 0.1) is 29.6 Å². The van der Waals surface area contributed by atoms with E-state index >= 15 is 0 Å². The summed E-state index contributed by atoms with van der Waals surface area (Å²) < 4.78 is 7.29. The van der Waals surface area contributed by atoms with E-state index in [1.165, 1.54) is 0 Å². The van der Waals surface area contributed by atoms with Crippen LogP contribution in [-0.2, 0) is 16.6 Å². The van der Waals surface area contributed by atoms with Crippen LogP contribution in [0, 0.1) is 5.92 Å². The molecule has 10 heteroatoms. The summed E-state index contributed by atoms with van der Waals surface area (Å²) in [7, 11) is 3.33. The Labute approximate surface area is 177 Å². The number of benzene rings is 1. The summed E-state index contributed by atoms with van der Waals surface area (Å²) in [6.07, 6.45) is 6.84. The van der Waals surface area contributed by atoms with Crippen molar-refractivity contribution in [2.75, 3.05) is 17.3 Å². The molecular formula is C21H19N7O3. The number of carbonyl (C=O) groups is 1. The Balaban J connectivity index is 1.58. The van der Waals surface area contributed by atoms with Crippen LogP contribution in [0.5, 0.6) is 5.75 Å². The maximum Gasteiger partial charge on any atom is 0.228 e. The molecule has 10 nitrogen and oxygen atoms in total. The van der Waals surface area contributed by atoms with Gasteiger partial charge in [0.15, 0.2) is 23.3 Å². The first-order valence-electron chi connectivity index (χ1n) is 9.76. The first kappa shape index (κ1) is 18.8. The zero-order chi connectivity index (χ0) is 21.5. The van der Waals surface area contributed by atoms with Crippen molar-refractivity contribution in [1.82, 2.24) is 25.0 Å². The van der Waals surface area contributed by atoms with Gasteiger partial charge in [0, 0.05) is 19.2 Å². The summed E-state index contributed by atoms with van der Waals surface area (Å²) in [5, 5.41) is 14.2. The number of aryl methyl sites for hydroxylation is 1. The molecule has 1 fully saturated rings. The highest BCUT2D eigenvalue weighted by Crippen LogP contribution is 2.43. The van der Waals surface area contributed by atoms with Crippen molar-refractivity contribution < 1.29 is 14.3 Å². The average molecular weight is 417 g/mol. The van der Waals surface area contributed by atoms with Crippen molar-refractivity contribution in [3.63, 3.8) is 0 Å². The number of H-pyrrole nitrogens is 1. The molecule has 156 valence electrons. The van der Waals surface area contributed by atoms with Crippen LogP contribution in [-0.4, -0.2) is 43.9 Å². The maximum atomic E-state index is 12.3. The first-order valence-corrected chi connectivity index (χ1v) is 9.76. The second kappa shape index (κ2) is 7.26. The van der Waals surface area contributed by atoms with Crippen LogP contribution in [0.2, 0.25) is 0 Å². The van der Waals surface area contributed by atoms with Gasteiger partial charge < -0.3 is 15.0 Å². The normalized spacial score (nSPS) is 14.9. The predicted molar refractivity (Wildman–Crippen MR) is 114 cm³/mol. The van der Waals surface area contributed by atoms with Crippen molar-refractivity contribution in [3.8, 4) is 17.1 Å². The summed E-state index contributed by atoms with van der Waals surface area (Å²) in [6, 6.07) is 5.50. The minimum absolute atomic E-state index is 0.00824. The minimum atomic E-state index is -0.0959. The number of methoxy groups -OCH3 is 1. The minimum Gasteiger partial charge on any atom is -0.494 e. The lowest BCUT2D eigenvalue weighted by molar-refractivity contribution is -0.117. The molecule has 0 bridgehead atoms. The van der Waals surface area contributed by atoms with Gasteiger partial charge in [-0.25, -0.2) is 9.78 Å². The summed E-state index contributed by atoms with van der Waals surface area (Å²) in [5.74, 6) is 3.23. The van der Waals surface area contributed by atoms with E-state index in [9.17, 15) is 9.59 Å². The number of aromatic amines is 1. The van der Waals surface area contributed by atoms with Crippen molar-refractivity contribution in [3.05, 3.63) is 42.0 Å². The molecule has 31 heavy (non-hydrogen) atoms. The Kier molecular flexibility index (Phi) is 4.41. The third-order valence-corrected chi connectivity index (χ3v) is 5.25. The zero-order valence-corrected chi connectivity index (χ0v) is 16.9. The van der Waals surface area contributed by atoms with Gasteiger partial charge in [-0.3, -0.25) is 14.6 Å². The van der Waals surface area contributed by atoms with Gasteiger partial charge in [-0.2, -0.15) is 10.2 Å². The Morgan fingerprint density at radius 2 is 2.19 bits per heavy atom. The number of rotatable bonds is 5. The molecule has 1 saturated carbocycles. The van der Waals surface area contributed by atoms with Gasteiger partial charge in [0.25, 0.3) is 0 Å². The van der Waals surface area contributed by atoms with Crippen LogP contribution in [0.1, 0.15) is 24.1 Å². The fourth-order valence-electron chi connectivity index (χ4n) is 3.58. The highest BCUT2D eigenvalue weighted by Gasteiger charge is 2.33. The van der Waals surface area contributed by atoms with Crippen molar-refractivity contribution in [2.45, 2.75) is 12.8 Å². The van der Waals surface area contributed by atoms with E-state index < -0.39 is 0 Å². The number of anilines is 2. The molecular weight excluding hydrogens is 398 g/mol. The number of carbonyl (C=O) groups excluding carboxylic acids is 2. The summed E-state index contributed by atoms with van der Waals surface area (Å²) >= 11 is 0. The number of amides is 1. The van der Waals surface area contributed by atoms with Crippen molar-refractivity contribution in [1.29, 1.82) is 0 Å². The fraction of sp³-hybridized carbons (Fsp3) is 0.238. The Morgan fingerprint density at radius 3 is 2.87 bits per heavy atom. The molecule has 0 saturated heterocycles. The van der Waals surface area contributed by atoms with Crippen LogP contribution < -0.4 is 15.0 Å². The predicted octanol–water partition coefficient (Wildman–Crippen LogP) is 2.23. The molecule has 1 amide bonds. The number of nitrogens with one attached hydrogen (secondary N) is 2. The number of ether oxygens (including phenoxy) is 1. The number of hydrogen-bond acceptors (Lipinski definition) is 7. The Morgan fingerprint density at radius 1 is 1.35 bits per heavy atom. The summed E-state index contributed by atoms with van der Waals surface area (Å²) in [5.41, 5.74) is 2.59. The number of para-hydroxylation sites is 1. The van der Waals surface area contributed by atoms with Crippen LogP contribution in [0.15, 0.2) is 30.7 Å². The molecule has 2 N–H and O–H groups in total. The second-order valence-corrected chi connectivity index (χ2v) is 7.36. The smallest absolute Gasteiger partial charge is 0.228 e. The van der Waals surface area contributed by atoms with Gasteiger partial charge in [0.1, 0.15) is 12.0 Å². The maximum absolute atomic E-state index is 12.3. The van der Waals surface area contributed by atoms with Crippen LogP contribution in [0.4, 0.5) is 11.5 Å². The van der Waals surface area contributed by atoms with E-state index in [1.54, 1.807) is 42.3 Å². The lowest BCUT2D eigenvalue weighted by Gasteiger charge is -2.26. The van der Waals surface area contributed by atoms with Crippen LogP contribution in [0.25, 0.3) is 23.2 Å². The fourth-order valence-corrected chi connectivity index (χ4v) is 3.58. The number of aromatic nitrogens is 5. The summed E-state index contributed by atoms with van der Waals surface area (Å²) in [4.78, 5) is 30.3. The van der Waals surface area contributed by atoms with E-state index in [1.807, 2.05) is 24.1 Å². The van der Waals surface area contributed by atoms with Crippen molar-refractivity contribution >= 4 is 35.1 Å². The quantitative estimate of drug-likeness (QED) is 0.611. The van der Waals surface area contributed by atoms with Gasteiger partial charge in [0.2, 0.25) is 5.91 Å². The van der Waals surface area contributed by atoms with Gasteiger partial charge in [-0.05, 0) is 31.1 Å². The molecule has 3 heterocycles. The van der Waals surface area contributed by atoms with Gasteiger partial charge in [-0.15, -0.1) is 0 Å². The third-order valence-electron chi connectivity index (χ3n) is 5.25. The molecule has 1 aliphatic heterocycles. The molecule has 0 unspecified atom stereocenters.